The lowest BCUT2D eigenvalue weighted by Gasteiger charge is -2.14. The summed E-state index contributed by atoms with van der Waals surface area (Å²) in [5.41, 5.74) is 0. The summed E-state index contributed by atoms with van der Waals surface area (Å²) in [5, 5.41) is 0. The second kappa shape index (κ2) is 7.02. The van der Waals surface area contributed by atoms with Crippen LogP contribution in [0.15, 0.2) is 28.7 Å². The highest BCUT2D eigenvalue weighted by Crippen LogP contribution is 2.16. The van der Waals surface area contributed by atoms with Crippen molar-refractivity contribution < 1.29 is 4.74 Å². The molecule has 1 fully saturated rings. The van der Waals surface area contributed by atoms with E-state index in [0.29, 0.717) is 0 Å². The summed E-state index contributed by atoms with van der Waals surface area (Å²) in [6.07, 6.45) is 5.16. The molecule has 17 heavy (non-hydrogen) atoms. The fourth-order valence-corrected chi connectivity index (χ4v) is 2.43. The van der Waals surface area contributed by atoms with Crippen LogP contribution in [0, 0.1) is 0 Å². The molecular weight excluding hydrogens is 278 g/mol. The van der Waals surface area contributed by atoms with E-state index in [1.54, 1.807) is 0 Å². The quantitative estimate of drug-likeness (QED) is 0.742. The lowest BCUT2D eigenvalue weighted by Crippen LogP contribution is -2.20. The molecule has 0 radical (unpaired) electrons. The van der Waals surface area contributed by atoms with Gasteiger partial charge in [0.25, 0.3) is 0 Å². The first-order chi connectivity index (χ1) is 8.34. The lowest BCUT2D eigenvalue weighted by molar-refractivity contribution is 0.279. The Morgan fingerprint density at radius 1 is 1.06 bits per heavy atom. The van der Waals surface area contributed by atoms with Gasteiger partial charge in [-0.2, -0.15) is 0 Å². The maximum absolute atomic E-state index is 5.69. The predicted molar refractivity (Wildman–Crippen MR) is 74.5 cm³/mol. The van der Waals surface area contributed by atoms with E-state index in [2.05, 4.69) is 20.8 Å². The van der Waals surface area contributed by atoms with Crippen molar-refractivity contribution in [2.24, 2.45) is 0 Å². The molecule has 2 nitrogen and oxygen atoms in total. The standard InChI is InChI=1S/C14H20BrNO/c15-13-5-7-14(8-6-13)17-12-4-3-11-16-9-1-2-10-16/h5-8H,1-4,9-12H2. The first-order valence-electron chi connectivity index (χ1n) is 6.45. The third-order valence-corrected chi connectivity index (χ3v) is 3.68. The number of unbranched alkanes of at least 4 members (excludes halogenated alkanes) is 1. The van der Waals surface area contributed by atoms with Crippen molar-refractivity contribution in [1.82, 2.24) is 4.90 Å². The highest BCUT2D eigenvalue weighted by molar-refractivity contribution is 9.10. The summed E-state index contributed by atoms with van der Waals surface area (Å²) in [7, 11) is 0. The molecule has 0 N–H and O–H groups in total. The van der Waals surface area contributed by atoms with Crippen LogP contribution in [0.4, 0.5) is 0 Å². The van der Waals surface area contributed by atoms with Gasteiger partial charge >= 0.3 is 0 Å². The molecule has 0 unspecified atom stereocenters. The summed E-state index contributed by atoms with van der Waals surface area (Å²) in [6, 6.07) is 8.04. The molecule has 3 heteroatoms. The Hall–Kier alpha value is -0.540. The molecule has 0 amide bonds. The molecular formula is C14H20BrNO. The van der Waals surface area contributed by atoms with Gasteiger partial charge in [-0.15, -0.1) is 0 Å². The van der Waals surface area contributed by atoms with Crippen molar-refractivity contribution in [1.29, 1.82) is 0 Å². The summed E-state index contributed by atoms with van der Waals surface area (Å²) >= 11 is 3.42. The minimum atomic E-state index is 0.829. The average Bonchev–Trinajstić information content (AvgIpc) is 2.84. The first-order valence-corrected chi connectivity index (χ1v) is 7.24. The fourth-order valence-electron chi connectivity index (χ4n) is 2.16. The number of nitrogens with zero attached hydrogens (tertiary/aromatic N) is 1. The maximum atomic E-state index is 5.69. The molecule has 1 aromatic rings. The van der Waals surface area contributed by atoms with Crippen molar-refractivity contribution >= 4 is 15.9 Å². The van der Waals surface area contributed by atoms with E-state index in [1.807, 2.05) is 24.3 Å². The number of ether oxygens (including phenoxy) is 1. The van der Waals surface area contributed by atoms with Gasteiger partial charge in [0, 0.05) is 4.47 Å². The third kappa shape index (κ3) is 4.68. The van der Waals surface area contributed by atoms with Crippen molar-refractivity contribution in [2.75, 3.05) is 26.2 Å². The van der Waals surface area contributed by atoms with E-state index < -0.39 is 0 Å². The van der Waals surface area contributed by atoms with Gasteiger partial charge in [-0.25, -0.2) is 0 Å². The smallest absolute Gasteiger partial charge is 0.119 e. The van der Waals surface area contributed by atoms with Gasteiger partial charge in [0.15, 0.2) is 0 Å². The zero-order chi connectivity index (χ0) is 11.9. The molecule has 94 valence electrons. The van der Waals surface area contributed by atoms with E-state index in [9.17, 15) is 0 Å². The number of hydrogen-bond acceptors (Lipinski definition) is 2. The zero-order valence-corrected chi connectivity index (χ0v) is 11.8. The van der Waals surface area contributed by atoms with Crippen LogP contribution in [-0.2, 0) is 0 Å². The summed E-state index contributed by atoms with van der Waals surface area (Å²) in [4.78, 5) is 2.56. The van der Waals surface area contributed by atoms with Crippen molar-refractivity contribution in [2.45, 2.75) is 25.7 Å². The van der Waals surface area contributed by atoms with E-state index in [0.717, 1.165) is 23.2 Å². The summed E-state index contributed by atoms with van der Waals surface area (Å²) in [6.45, 7) is 4.67. The Morgan fingerprint density at radius 3 is 2.47 bits per heavy atom. The highest BCUT2D eigenvalue weighted by Gasteiger charge is 2.09. The van der Waals surface area contributed by atoms with E-state index in [4.69, 9.17) is 4.74 Å². The Balaban J connectivity index is 1.55. The fraction of sp³-hybridized carbons (Fsp3) is 0.571. The molecule has 0 atom stereocenters. The van der Waals surface area contributed by atoms with E-state index in [-0.39, 0.29) is 0 Å². The normalized spacial score (nSPS) is 16.3. The monoisotopic (exact) mass is 297 g/mol. The molecule has 1 aromatic carbocycles. The van der Waals surface area contributed by atoms with Crippen molar-refractivity contribution in [3.05, 3.63) is 28.7 Å². The van der Waals surface area contributed by atoms with Gasteiger partial charge in [-0.3, -0.25) is 0 Å². The molecule has 1 aliphatic rings. The van der Waals surface area contributed by atoms with Crippen LogP contribution in [0.3, 0.4) is 0 Å². The van der Waals surface area contributed by atoms with Crippen LogP contribution in [0.5, 0.6) is 5.75 Å². The molecule has 2 rings (SSSR count). The van der Waals surface area contributed by atoms with Gasteiger partial charge in [-0.05, 0) is 69.6 Å². The largest absolute Gasteiger partial charge is 0.494 e. The molecule has 1 saturated heterocycles. The first kappa shape index (κ1) is 12.9. The Bertz CT molecular complexity index is 319. The molecule has 1 aliphatic heterocycles. The molecule has 1 heterocycles. The molecule has 0 spiro atoms. The Kier molecular flexibility index (Phi) is 5.33. The number of hydrogen-bond donors (Lipinski definition) is 0. The maximum Gasteiger partial charge on any atom is 0.119 e. The average molecular weight is 298 g/mol. The predicted octanol–water partition coefficient (Wildman–Crippen LogP) is 3.70. The highest BCUT2D eigenvalue weighted by atomic mass is 79.9. The second-order valence-electron chi connectivity index (χ2n) is 4.56. The molecule has 0 bridgehead atoms. The van der Waals surface area contributed by atoms with Gasteiger partial charge in [-0.1, -0.05) is 15.9 Å². The van der Waals surface area contributed by atoms with Crippen LogP contribution in [0.1, 0.15) is 25.7 Å². The number of rotatable bonds is 6. The van der Waals surface area contributed by atoms with Gasteiger partial charge in [0.1, 0.15) is 5.75 Å². The SMILES string of the molecule is Brc1ccc(OCCCCN2CCCC2)cc1. The van der Waals surface area contributed by atoms with Gasteiger partial charge in [0.2, 0.25) is 0 Å². The number of benzene rings is 1. The molecule has 0 saturated carbocycles. The Labute approximate surface area is 112 Å². The van der Waals surface area contributed by atoms with Gasteiger partial charge in [0.05, 0.1) is 6.61 Å². The second-order valence-corrected chi connectivity index (χ2v) is 5.47. The number of likely N-dealkylation sites (tertiary alicyclic amines) is 1. The Morgan fingerprint density at radius 2 is 1.76 bits per heavy atom. The van der Waals surface area contributed by atoms with Crippen molar-refractivity contribution in [3.8, 4) is 5.75 Å². The molecule has 0 aliphatic carbocycles. The van der Waals surface area contributed by atoms with Crippen LogP contribution in [0.25, 0.3) is 0 Å². The summed E-state index contributed by atoms with van der Waals surface area (Å²) in [5.74, 6) is 0.967. The number of halogens is 1. The van der Waals surface area contributed by atoms with Crippen LogP contribution < -0.4 is 4.74 Å². The van der Waals surface area contributed by atoms with E-state index in [1.165, 1.54) is 38.9 Å². The van der Waals surface area contributed by atoms with Crippen LogP contribution in [-0.4, -0.2) is 31.1 Å². The van der Waals surface area contributed by atoms with Crippen molar-refractivity contribution in [3.63, 3.8) is 0 Å². The lowest BCUT2D eigenvalue weighted by atomic mass is 10.3. The zero-order valence-electron chi connectivity index (χ0n) is 10.2. The summed E-state index contributed by atoms with van der Waals surface area (Å²) < 4.78 is 6.78. The topological polar surface area (TPSA) is 12.5 Å². The van der Waals surface area contributed by atoms with E-state index >= 15 is 0 Å². The van der Waals surface area contributed by atoms with Gasteiger partial charge < -0.3 is 9.64 Å². The minimum Gasteiger partial charge on any atom is -0.494 e. The van der Waals surface area contributed by atoms with Crippen LogP contribution in [0.2, 0.25) is 0 Å². The third-order valence-electron chi connectivity index (χ3n) is 3.15. The minimum absolute atomic E-state index is 0.829. The van der Waals surface area contributed by atoms with Crippen LogP contribution >= 0.6 is 15.9 Å². The molecule has 0 aromatic heterocycles.